The molecule has 0 aliphatic heterocycles. The van der Waals surface area contributed by atoms with E-state index in [1.54, 1.807) is 18.3 Å². The molecule has 0 spiro atoms. The number of halogens is 1. The lowest BCUT2D eigenvalue weighted by atomic mass is 10.0. The standard InChI is InChI=1S/C30H27FN4O2/c1-17(18-4-3-5-21(31)12-18)33-30(37)26-16-35(2)28-11-7-19(13-24(26)28)20-6-10-23-25(15-32-27(23)14-20)29(36)34-22-8-9-22/h3-7,10-17,22,32H,8-9H2,1-2H3,(H,33,37)(H,34,36)/t17-/m0/s1. The zero-order valence-electron chi connectivity index (χ0n) is 20.6. The van der Waals surface area contributed by atoms with Gasteiger partial charge in [0.1, 0.15) is 5.82 Å². The minimum absolute atomic E-state index is 0.0460. The smallest absolute Gasteiger partial charge is 0.253 e. The summed E-state index contributed by atoms with van der Waals surface area (Å²) in [4.78, 5) is 29.0. The Kier molecular flexibility index (Phi) is 5.56. The first kappa shape index (κ1) is 23.0. The van der Waals surface area contributed by atoms with Crippen molar-refractivity contribution in [3.05, 3.63) is 95.6 Å². The van der Waals surface area contributed by atoms with E-state index < -0.39 is 0 Å². The number of aromatic nitrogens is 2. The Balaban J connectivity index is 1.31. The first-order chi connectivity index (χ1) is 17.9. The highest BCUT2D eigenvalue weighted by Crippen LogP contribution is 2.31. The fraction of sp³-hybridized carbons (Fsp3) is 0.200. The van der Waals surface area contributed by atoms with Crippen LogP contribution in [0.3, 0.4) is 0 Å². The topological polar surface area (TPSA) is 78.9 Å². The molecule has 1 aliphatic rings. The quantitative estimate of drug-likeness (QED) is 0.277. The van der Waals surface area contributed by atoms with Gasteiger partial charge in [-0.2, -0.15) is 0 Å². The third-order valence-corrected chi connectivity index (χ3v) is 7.10. The Morgan fingerprint density at radius 2 is 1.76 bits per heavy atom. The van der Waals surface area contributed by atoms with Crippen LogP contribution in [0.1, 0.15) is 52.1 Å². The van der Waals surface area contributed by atoms with Gasteiger partial charge in [0.15, 0.2) is 0 Å². The van der Waals surface area contributed by atoms with Crippen molar-refractivity contribution >= 4 is 33.6 Å². The Labute approximate surface area is 213 Å². The van der Waals surface area contributed by atoms with Crippen molar-refractivity contribution in [1.29, 1.82) is 0 Å². The molecule has 5 aromatic rings. The van der Waals surface area contributed by atoms with Gasteiger partial charge < -0.3 is 20.2 Å². The number of hydrogen-bond acceptors (Lipinski definition) is 2. The predicted molar refractivity (Wildman–Crippen MR) is 143 cm³/mol. The SMILES string of the molecule is C[C@H](NC(=O)c1cn(C)c2ccc(-c3ccc4c(C(=O)NC5CC5)c[nH]c4c3)cc12)c1cccc(F)c1. The molecule has 2 amide bonds. The first-order valence-electron chi connectivity index (χ1n) is 12.4. The van der Waals surface area contributed by atoms with Crippen molar-refractivity contribution in [1.82, 2.24) is 20.2 Å². The number of rotatable bonds is 6. The Morgan fingerprint density at radius 1 is 0.973 bits per heavy atom. The number of H-pyrrole nitrogens is 1. The number of benzene rings is 3. The molecule has 2 heterocycles. The van der Waals surface area contributed by atoms with Gasteiger partial charge >= 0.3 is 0 Å². The summed E-state index contributed by atoms with van der Waals surface area (Å²) in [7, 11) is 1.91. The summed E-state index contributed by atoms with van der Waals surface area (Å²) in [5, 5.41) is 7.76. The summed E-state index contributed by atoms with van der Waals surface area (Å²) in [5.74, 6) is -0.593. The van der Waals surface area contributed by atoms with Crippen LogP contribution >= 0.6 is 0 Å². The van der Waals surface area contributed by atoms with Crippen molar-refractivity contribution in [2.45, 2.75) is 31.8 Å². The highest BCUT2D eigenvalue weighted by molar-refractivity contribution is 6.09. The lowest BCUT2D eigenvalue weighted by Gasteiger charge is -2.14. The average molecular weight is 495 g/mol. The van der Waals surface area contributed by atoms with Crippen LogP contribution in [-0.4, -0.2) is 27.4 Å². The second kappa shape index (κ2) is 8.92. The normalized spacial score (nSPS) is 14.1. The lowest BCUT2D eigenvalue weighted by molar-refractivity contribution is 0.0937. The van der Waals surface area contributed by atoms with Crippen LogP contribution in [0.2, 0.25) is 0 Å². The van der Waals surface area contributed by atoms with E-state index in [-0.39, 0.29) is 23.7 Å². The molecule has 1 saturated carbocycles. The molecule has 2 aromatic heterocycles. The van der Waals surface area contributed by atoms with Crippen LogP contribution in [0.25, 0.3) is 32.9 Å². The Hall–Kier alpha value is -4.39. The monoisotopic (exact) mass is 494 g/mol. The molecular formula is C30H27FN4O2. The maximum atomic E-state index is 13.7. The summed E-state index contributed by atoms with van der Waals surface area (Å²) in [6.45, 7) is 1.84. The minimum Gasteiger partial charge on any atom is -0.360 e. The number of amides is 2. The average Bonchev–Trinajstić information content (AvgIpc) is 3.50. The molecule has 0 unspecified atom stereocenters. The zero-order chi connectivity index (χ0) is 25.7. The van der Waals surface area contributed by atoms with E-state index in [2.05, 4.69) is 15.6 Å². The van der Waals surface area contributed by atoms with Gasteiger partial charge in [-0.15, -0.1) is 0 Å². The third kappa shape index (κ3) is 4.37. The minimum atomic E-state index is -0.344. The van der Waals surface area contributed by atoms with E-state index in [1.165, 1.54) is 12.1 Å². The second-order valence-electron chi connectivity index (χ2n) is 9.85. The van der Waals surface area contributed by atoms with E-state index in [1.807, 2.05) is 61.1 Å². The molecule has 186 valence electrons. The molecule has 37 heavy (non-hydrogen) atoms. The summed E-state index contributed by atoms with van der Waals surface area (Å²) in [5.41, 5.74) is 5.68. The molecule has 3 N–H and O–H groups in total. The van der Waals surface area contributed by atoms with Crippen LogP contribution in [0.5, 0.6) is 0 Å². The van der Waals surface area contributed by atoms with Gasteiger partial charge in [0.25, 0.3) is 11.8 Å². The molecule has 6 nitrogen and oxygen atoms in total. The van der Waals surface area contributed by atoms with E-state index in [0.29, 0.717) is 22.7 Å². The van der Waals surface area contributed by atoms with Gasteiger partial charge in [-0.1, -0.05) is 30.3 Å². The summed E-state index contributed by atoms with van der Waals surface area (Å²) >= 11 is 0. The van der Waals surface area contributed by atoms with Gasteiger partial charge in [0.05, 0.1) is 17.2 Å². The third-order valence-electron chi connectivity index (χ3n) is 7.10. The molecule has 0 bridgehead atoms. The fourth-order valence-electron chi connectivity index (χ4n) is 4.87. The van der Waals surface area contributed by atoms with Crippen molar-refractivity contribution in [2.75, 3.05) is 0 Å². The molecule has 3 aromatic carbocycles. The maximum absolute atomic E-state index is 13.7. The highest BCUT2D eigenvalue weighted by Gasteiger charge is 2.25. The fourth-order valence-corrected chi connectivity index (χ4v) is 4.87. The van der Waals surface area contributed by atoms with Crippen molar-refractivity contribution < 1.29 is 14.0 Å². The van der Waals surface area contributed by atoms with Gasteiger partial charge in [0, 0.05) is 47.3 Å². The number of carbonyl (C=O) groups is 2. The van der Waals surface area contributed by atoms with E-state index in [0.717, 1.165) is 45.8 Å². The van der Waals surface area contributed by atoms with Crippen molar-refractivity contribution in [2.24, 2.45) is 7.05 Å². The lowest BCUT2D eigenvalue weighted by Crippen LogP contribution is -2.26. The van der Waals surface area contributed by atoms with Crippen LogP contribution in [0.4, 0.5) is 4.39 Å². The predicted octanol–water partition coefficient (Wildman–Crippen LogP) is 5.85. The van der Waals surface area contributed by atoms with Crippen LogP contribution in [-0.2, 0) is 7.05 Å². The van der Waals surface area contributed by atoms with E-state index in [9.17, 15) is 14.0 Å². The van der Waals surface area contributed by atoms with Crippen LogP contribution < -0.4 is 10.6 Å². The molecular weight excluding hydrogens is 467 g/mol. The summed E-state index contributed by atoms with van der Waals surface area (Å²) < 4.78 is 15.6. The summed E-state index contributed by atoms with van der Waals surface area (Å²) in [6, 6.07) is 18.3. The van der Waals surface area contributed by atoms with Crippen LogP contribution in [0, 0.1) is 5.82 Å². The Morgan fingerprint density at radius 3 is 2.54 bits per heavy atom. The van der Waals surface area contributed by atoms with Crippen molar-refractivity contribution in [3.63, 3.8) is 0 Å². The molecule has 1 fully saturated rings. The molecule has 7 heteroatoms. The van der Waals surface area contributed by atoms with Crippen molar-refractivity contribution in [3.8, 4) is 11.1 Å². The second-order valence-corrected chi connectivity index (χ2v) is 9.85. The number of aromatic amines is 1. The number of fused-ring (bicyclic) bond motifs is 2. The van der Waals surface area contributed by atoms with E-state index >= 15 is 0 Å². The largest absolute Gasteiger partial charge is 0.360 e. The highest BCUT2D eigenvalue weighted by atomic mass is 19.1. The number of carbonyl (C=O) groups excluding carboxylic acids is 2. The van der Waals surface area contributed by atoms with Crippen LogP contribution in [0.15, 0.2) is 73.1 Å². The zero-order valence-corrected chi connectivity index (χ0v) is 20.6. The Bertz CT molecular complexity index is 1680. The number of nitrogens with zero attached hydrogens (tertiary/aromatic N) is 1. The number of nitrogens with one attached hydrogen (secondary N) is 3. The van der Waals surface area contributed by atoms with E-state index in [4.69, 9.17) is 0 Å². The molecule has 0 radical (unpaired) electrons. The summed E-state index contributed by atoms with van der Waals surface area (Å²) in [6.07, 6.45) is 5.67. The number of hydrogen-bond donors (Lipinski definition) is 3. The molecule has 6 rings (SSSR count). The molecule has 0 saturated heterocycles. The number of aryl methyl sites for hydroxylation is 1. The van der Waals surface area contributed by atoms with Gasteiger partial charge in [-0.05, 0) is 66.8 Å². The molecule has 1 aliphatic carbocycles. The maximum Gasteiger partial charge on any atom is 0.253 e. The molecule has 1 atom stereocenters. The van der Waals surface area contributed by atoms with Gasteiger partial charge in [-0.3, -0.25) is 9.59 Å². The van der Waals surface area contributed by atoms with Gasteiger partial charge in [-0.25, -0.2) is 4.39 Å². The van der Waals surface area contributed by atoms with Gasteiger partial charge in [0.2, 0.25) is 0 Å². The first-order valence-corrected chi connectivity index (χ1v) is 12.4.